The van der Waals surface area contributed by atoms with Crippen LogP contribution in [0.25, 0.3) is 0 Å². The van der Waals surface area contributed by atoms with Crippen LogP contribution >= 0.6 is 23.1 Å². The van der Waals surface area contributed by atoms with Gasteiger partial charge in [-0.25, -0.2) is 0 Å². The Morgan fingerprint density at radius 3 is 2.71 bits per heavy atom. The smallest absolute Gasteiger partial charge is 0.236 e. The Hall–Kier alpha value is -2.46. The summed E-state index contributed by atoms with van der Waals surface area (Å²) < 4.78 is 7.62. The van der Waals surface area contributed by atoms with Gasteiger partial charge >= 0.3 is 0 Å². The minimum atomic E-state index is -0.128. The monoisotopic (exact) mass is 458 g/mol. The van der Waals surface area contributed by atoms with Crippen molar-refractivity contribution in [3.05, 3.63) is 40.7 Å². The highest BCUT2D eigenvalue weighted by Crippen LogP contribution is 2.35. The third-order valence-electron chi connectivity index (χ3n) is 5.29. The molecule has 2 aromatic heterocycles. The van der Waals surface area contributed by atoms with Crippen LogP contribution in [0.3, 0.4) is 0 Å². The number of nitrogens with zero attached hydrogens (tertiary/aromatic N) is 5. The Balaban J connectivity index is 1.26. The summed E-state index contributed by atoms with van der Waals surface area (Å²) in [6.45, 7) is 2.35. The maximum absolute atomic E-state index is 12.4. The number of rotatable bonds is 8. The van der Waals surface area contributed by atoms with Crippen LogP contribution in [0.2, 0.25) is 0 Å². The predicted octanol–water partition coefficient (Wildman–Crippen LogP) is 4.33. The summed E-state index contributed by atoms with van der Waals surface area (Å²) in [5, 5.41) is 21.9. The van der Waals surface area contributed by atoms with Crippen molar-refractivity contribution in [2.75, 3.05) is 11.1 Å². The lowest BCUT2D eigenvalue weighted by Crippen LogP contribution is -2.14. The van der Waals surface area contributed by atoms with Gasteiger partial charge in [0.25, 0.3) is 0 Å². The number of carbonyl (C=O) groups excluding carboxylic acids is 1. The van der Waals surface area contributed by atoms with Gasteiger partial charge in [-0.3, -0.25) is 10.1 Å². The predicted molar refractivity (Wildman–Crippen MR) is 122 cm³/mol. The molecule has 8 nitrogen and oxygen atoms in total. The molecule has 3 aromatic rings. The third kappa shape index (κ3) is 5.82. The summed E-state index contributed by atoms with van der Waals surface area (Å²) in [5.41, 5.74) is 1.18. The van der Waals surface area contributed by atoms with Gasteiger partial charge in [0.05, 0.1) is 5.75 Å². The standard InChI is InChI=1S/C21H26N6O2S2/c1-14-8-10-16(11-9-14)29-12-17-23-26-21(27(17)2)30-13-18(28)22-20-25-24-19(31-20)15-6-4-3-5-7-15/h8-11,15H,3-7,12-13H2,1-2H3,(H,22,25,28). The topological polar surface area (TPSA) is 94.8 Å². The van der Waals surface area contributed by atoms with Crippen LogP contribution < -0.4 is 10.1 Å². The van der Waals surface area contributed by atoms with E-state index in [0.29, 0.717) is 28.6 Å². The number of benzene rings is 1. The molecule has 1 amide bonds. The van der Waals surface area contributed by atoms with E-state index in [1.807, 2.05) is 42.8 Å². The highest BCUT2D eigenvalue weighted by molar-refractivity contribution is 7.99. The second-order valence-electron chi connectivity index (χ2n) is 7.68. The Kier molecular flexibility index (Phi) is 7.18. The molecule has 0 spiro atoms. The maximum Gasteiger partial charge on any atom is 0.236 e. The van der Waals surface area contributed by atoms with E-state index < -0.39 is 0 Å². The van der Waals surface area contributed by atoms with Gasteiger partial charge in [-0.15, -0.1) is 20.4 Å². The summed E-state index contributed by atoms with van der Waals surface area (Å²) >= 11 is 2.82. The van der Waals surface area contributed by atoms with Crippen LogP contribution in [-0.4, -0.2) is 36.6 Å². The van der Waals surface area contributed by atoms with Crippen molar-refractivity contribution in [1.82, 2.24) is 25.0 Å². The molecule has 0 aliphatic heterocycles. The zero-order chi connectivity index (χ0) is 21.6. The van der Waals surface area contributed by atoms with Gasteiger partial charge in [-0.1, -0.05) is 60.1 Å². The van der Waals surface area contributed by atoms with Gasteiger partial charge in [0, 0.05) is 13.0 Å². The average molecular weight is 459 g/mol. The fourth-order valence-corrected chi connectivity index (χ4v) is 5.12. The minimum absolute atomic E-state index is 0.128. The van der Waals surface area contributed by atoms with Crippen LogP contribution in [0, 0.1) is 6.92 Å². The molecule has 1 aliphatic carbocycles. The largest absolute Gasteiger partial charge is 0.486 e. The lowest BCUT2D eigenvalue weighted by atomic mass is 9.90. The van der Waals surface area contributed by atoms with Crippen LogP contribution in [0.5, 0.6) is 5.75 Å². The summed E-state index contributed by atoms with van der Waals surface area (Å²) in [6, 6.07) is 7.86. The first kappa shape index (κ1) is 21.8. The highest BCUT2D eigenvalue weighted by atomic mass is 32.2. The van der Waals surface area contributed by atoms with Crippen molar-refractivity contribution >= 4 is 34.1 Å². The third-order valence-corrected chi connectivity index (χ3v) is 7.31. The molecule has 31 heavy (non-hydrogen) atoms. The van der Waals surface area contributed by atoms with Crippen molar-refractivity contribution in [2.45, 2.75) is 56.7 Å². The zero-order valence-electron chi connectivity index (χ0n) is 17.7. The van der Waals surface area contributed by atoms with Crippen molar-refractivity contribution < 1.29 is 9.53 Å². The van der Waals surface area contributed by atoms with E-state index >= 15 is 0 Å². The van der Waals surface area contributed by atoms with E-state index in [0.717, 1.165) is 10.8 Å². The van der Waals surface area contributed by atoms with Crippen molar-refractivity contribution in [3.63, 3.8) is 0 Å². The SMILES string of the molecule is Cc1ccc(OCc2nnc(SCC(=O)Nc3nnc(C4CCCCC4)s3)n2C)cc1. The second kappa shape index (κ2) is 10.2. The van der Waals surface area contributed by atoms with Crippen LogP contribution in [0.4, 0.5) is 5.13 Å². The number of carbonyl (C=O) groups is 1. The van der Waals surface area contributed by atoms with Crippen molar-refractivity contribution in [2.24, 2.45) is 7.05 Å². The molecule has 0 radical (unpaired) electrons. The zero-order valence-corrected chi connectivity index (χ0v) is 19.3. The van der Waals surface area contributed by atoms with E-state index in [-0.39, 0.29) is 11.7 Å². The van der Waals surface area contributed by atoms with Gasteiger partial charge in [0.15, 0.2) is 11.0 Å². The number of thioether (sulfide) groups is 1. The maximum atomic E-state index is 12.4. The molecule has 0 saturated heterocycles. The van der Waals surface area contributed by atoms with Crippen molar-refractivity contribution in [3.8, 4) is 5.75 Å². The number of hydrogen-bond acceptors (Lipinski definition) is 8. The first-order chi connectivity index (χ1) is 15.1. The molecule has 0 atom stereocenters. The molecule has 0 unspecified atom stereocenters. The first-order valence-corrected chi connectivity index (χ1v) is 12.2. The lowest BCUT2D eigenvalue weighted by molar-refractivity contribution is -0.113. The quantitative estimate of drug-likeness (QED) is 0.502. The number of anilines is 1. The molecular weight excluding hydrogens is 432 g/mol. The van der Waals surface area contributed by atoms with E-state index in [4.69, 9.17) is 4.74 Å². The second-order valence-corrected chi connectivity index (χ2v) is 9.63. The highest BCUT2D eigenvalue weighted by Gasteiger charge is 2.20. The molecule has 2 heterocycles. The molecule has 1 aliphatic rings. The fourth-order valence-electron chi connectivity index (χ4n) is 3.46. The van der Waals surface area contributed by atoms with Gasteiger partial charge in [-0.05, 0) is 31.9 Å². The Labute approximate surface area is 189 Å². The summed E-state index contributed by atoms with van der Waals surface area (Å²) in [6.07, 6.45) is 6.13. The van der Waals surface area contributed by atoms with E-state index in [1.165, 1.54) is 60.8 Å². The molecule has 10 heteroatoms. The minimum Gasteiger partial charge on any atom is -0.486 e. The molecule has 0 bridgehead atoms. The number of amides is 1. The number of ether oxygens (including phenoxy) is 1. The molecule has 4 rings (SSSR count). The molecule has 164 valence electrons. The molecular formula is C21H26N6O2S2. The molecule has 1 N–H and O–H groups in total. The average Bonchev–Trinajstić information content (AvgIpc) is 3.39. The van der Waals surface area contributed by atoms with E-state index in [1.54, 1.807) is 0 Å². The summed E-state index contributed by atoms with van der Waals surface area (Å²) in [7, 11) is 1.87. The van der Waals surface area contributed by atoms with E-state index in [9.17, 15) is 4.79 Å². The number of hydrogen-bond donors (Lipinski definition) is 1. The Morgan fingerprint density at radius 1 is 1.16 bits per heavy atom. The molecule has 1 aromatic carbocycles. The number of aryl methyl sites for hydroxylation is 1. The van der Waals surface area contributed by atoms with Gasteiger partial charge in [0.1, 0.15) is 17.4 Å². The van der Waals surface area contributed by atoms with Gasteiger partial charge in [-0.2, -0.15) is 0 Å². The normalized spacial score (nSPS) is 14.5. The Morgan fingerprint density at radius 2 is 1.94 bits per heavy atom. The van der Waals surface area contributed by atoms with Gasteiger partial charge < -0.3 is 9.30 Å². The summed E-state index contributed by atoms with van der Waals surface area (Å²) in [4.78, 5) is 12.4. The van der Waals surface area contributed by atoms with Crippen LogP contribution in [0.15, 0.2) is 29.4 Å². The lowest BCUT2D eigenvalue weighted by Gasteiger charge is -2.18. The van der Waals surface area contributed by atoms with Crippen molar-refractivity contribution in [1.29, 1.82) is 0 Å². The molecule has 1 fully saturated rings. The van der Waals surface area contributed by atoms with Crippen LogP contribution in [-0.2, 0) is 18.4 Å². The molecule has 1 saturated carbocycles. The Bertz CT molecular complexity index is 1010. The van der Waals surface area contributed by atoms with Crippen LogP contribution in [0.1, 0.15) is 54.4 Å². The van der Waals surface area contributed by atoms with E-state index in [2.05, 4.69) is 25.7 Å². The van der Waals surface area contributed by atoms with Gasteiger partial charge in [0.2, 0.25) is 11.0 Å². The fraction of sp³-hybridized carbons (Fsp3) is 0.476. The number of aromatic nitrogens is 5. The summed E-state index contributed by atoms with van der Waals surface area (Å²) in [5.74, 6) is 2.07. The number of nitrogens with one attached hydrogen (secondary N) is 1. The first-order valence-electron chi connectivity index (χ1n) is 10.4.